The van der Waals surface area contributed by atoms with Gasteiger partial charge in [-0.3, -0.25) is 5.32 Å². The summed E-state index contributed by atoms with van der Waals surface area (Å²) in [6.07, 6.45) is 2.57. The summed E-state index contributed by atoms with van der Waals surface area (Å²) >= 11 is 9.44. The second-order valence-electron chi connectivity index (χ2n) is 6.59. The van der Waals surface area contributed by atoms with E-state index in [0.29, 0.717) is 13.2 Å². The van der Waals surface area contributed by atoms with E-state index in [2.05, 4.69) is 27.8 Å². The van der Waals surface area contributed by atoms with Crippen molar-refractivity contribution in [3.8, 4) is 5.75 Å². The minimum Gasteiger partial charge on any atom is -1.00 e. The van der Waals surface area contributed by atoms with E-state index in [9.17, 15) is 0 Å². The molecule has 0 saturated carbocycles. The lowest BCUT2D eigenvalue weighted by atomic mass is 10.1. The molecule has 0 atom stereocenters. The lowest BCUT2D eigenvalue weighted by Crippen LogP contribution is -3.00. The van der Waals surface area contributed by atoms with Gasteiger partial charge in [0.2, 0.25) is 0 Å². The Morgan fingerprint density at radius 1 is 1.03 bits per heavy atom. The van der Waals surface area contributed by atoms with Gasteiger partial charge < -0.3 is 21.7 Å². The number of hydrogen-bond acceptors (Lipinski definition) is 2. The van der Waals surface area contributed by atoms with Crippen LogP contribution in [0.4, 0.5) is 11.4 Å². The highest BCUT2D eigenvalue weighted by Crippen LogP contribution is 2.15. The van der Waals surface area contributed by atoms with Crippen molar-refractivity contribution in [2.45, 2.75) is 6.42 Å². The third kappa shape index (κ3) is 8.87. The van der Waals surface area contributed by atoms with Crippen molar-refractivity contribution < 1.29 is 27.0 Å². The monoisotopic (exact) mass is 563 g/mol. The number of nitrogens with two attached hydrogens (primary N) is 1. The average molecular weight is 566 g/mol. The van der Waals surface area contributed by atoms with Crippen LogP contribution < -0.4 is 32.4 Å². The van der Waals surface area contributed by atoms with Crippen LogP contribution >= 0.6 is 27.5 Å². The van der Waals surface area contributed by atoms with Gasteiger partial charge in [-0.2, -0.15) is 0 Å². The minimum absolute atomic E-state index is 0. The molecule has 31 heavy (non-hydrogen) atoms. The molecule has 3 N–H and O–H groups in total. The van der Waals surface area contributed by atoms with Crippen molar-refractivity contribution in [3.05, 3.63) is 101 Å². The third-order valence-corrected chi connectivity index (χ3v) is 5.04. The number of benzene rings is 3. The quantitative estimate of drug-likeness (QED) is 0.191. The second-order valence-corrected chi connectivity index (χ2v) is 7.94. The molecule has 3 aromatic carbocycles. The molecule has 0 fully saturated rings. The zero-order chi connectivity index (χ0) is 21.2. The molecule has 0 radical (unpaired) electrons. The van der Waals surface area contributed by atoms with Crippen molar-refractivity contribution in [2.24, 2.45) is 4.99 Å². The first kappa shape index (κ1) is 25.1. The number of halogens is 3. The molecule has 0 heterocycles. The normalized spacial score (nSPS) is 10.8. The van der Waals surface area contributed by atoms with E-state index in [1.54, 1.807) is 6.08 Å². The van der Waals surface area contributed by atoms with Crippen LogP contribution in [0.3, 0.4) is 0 Å². The second kappa shape index (κ2) is 13.3. The van der Waals surface area contributed by atoms with E-state index in [4.69, 9.17) is 21.3 Å². The highest BCUT2D eigenvalue weighted by atomic mass is 79.9. The van der Waals surface area contributed by atoms with Crippen LogP contribution in [0.1, 0.15) is 5.56 Å². The van der Waals surface area contributed by atoms with Gasteiger partial charge in [0.1, 0.15) is 18.0 Å². The summed E-state index contributed by atoms with van der Waals surface area (Å²) < 4.78 is 6.59. The molecule has 162 valence electrons. The molecule has 3 rings (SSSR count). The fourth-order valence-electron chi connectivity index (χ4n) is 2.73. The Kier molecular flexibility index (Phi) is 10.8. The van der Waals surface area contributed by atoms with Crippen LogP contribution in [0.15, 0.2) is 94.9 Å². The van der Waals surface area contributed by atoms with E-state index < -0.39 is 0 Å². The van der Waals surface area contributed by atoms with Crippen LogP contribution in [0.5, 0.6) is 5.75 Å². The number of rotatable bonds is 8. The van der Waals surface area contributed by atoms with Crippen LogP contribution in [0, 0.1) is 0 Å². The van der Waals surface area contributed by atoms with Crippen LogP contribution in [0.2, 0.25) is 5.02 Å². The first-order valence-corrected chi connectivity index (χ1v) is 10.8. The molecule has 4 nitrogen and oxygen atoms in total. The zero-order valence-electron chi connectivity index (χ0n) is 16.9. The van der Waals surface area contributed by atoms with Crippen molar-refractivity contribution in [1.29, 1.82) is 0 Å². The van der Waals surface area contributed by atoms with Gasteiger partial charge in [0.25, 0.3) is 0 Å². The Balaban J connectivity index is 0.00000341. The molecule has 0 aromatic heterocycles. The van der Waals surface area contributed by atoms with E-state index >= 15 is 0 Å². The Labute approximate surface area is 207 Å². The van der Waals surface area contributed by atoms with Gasteiger partial charge in [-0.25, -0.2) is 10.3 Å². The van der Waals surface area contributed by atoms with Crippen LogP contribution in [0.25, 0.3) is 0 Å². The molecule has 0 saturated heterocycles. The van der Waals surface area contributed by atoms with Gasteiger partial charge in [0.05, 0.1) is 6.54 Å². The van der Waals surface area contributed by atoms with Crippen LogP contribution in [-0.4, -0.2) is 19.1 Å². The Bertz CT molecular complexity index is 975. The number of nitrogens with one attached hydrogen (secondary N) is 1. The fourth-order valence-corrected chi connectivity index (χ4v) is 3.12. The Morgan fingerprint density at radius 2 is 1.71 bits per heavy atom. The van der Waals surface area contributed by atoms with E-state index in [1.807, 2.05) is 78.1 Å². The largest absolute Gasteiger partial charge is 1.00 e. The summed E-state index contributed by atoms with van der Waals surface area (Å²) in [4.78, 5) is 4.79. The first-order chi connectivity index (χ1) is 14.6. The summed E-state index contributed by atoms with van der Waals surface area (Å²) in [6.45, 7) is 4.82. The molecular weight excluding hydrogens is 542 g/mol. The predicted molar refractivity (Wildman–Crippen MR) is 129 cm³/mol. The van der Waals surface area contributed by atoms with Crippen molar-refractivity contribution in [3.63, 3.8) is 0 Å². The molecule has 3 aromatic rings. The number of hydrogen-bond donors (Lipinski definition) is 2. The number of quaternary nitrogens is 1. The maximum absolute atomic E-state index is 5.97. The standard InChI is InChI=1S/C24H23BrClN3O.BrH/c1-2-17-30-23-13-11-22(12-14-23)29-24(28-21-9-5-19(25)6-10-21)27-16-15-18-3-7-20(26)8-4-18;/h2-14H,1,15-17H2,(H2,27,28,29);1H. The van der Waals surface area contributed by atoms with Crippen molar-refractivity contribution >= 4 is 44.9 Å². The Hall–Kier alpha value is -2.12. The average Bonchev–Trinajstić information content (AvgIpc) is 2.76. The van der Waals surface area contributed by atoms with Gasteiger partial charge in [-0.05, 0) is 60.5 Å². The summed E-state index contributed by atoms with van der Waals surface area (Å²) in [5, 5.41) is 6.18. The lowest BCUT2D eigenvalue weighted by Gasteiger charge is -2.09. The lowest BCUT2D eigenvalue weighted by molar-refractivity contribution is -0.444. The minimum atomic E-state index is 0. The zero-order valence-corrected chi connectivity index (χ0v) is 20.8. The third-order valence-electron chi connectivity index (χ3n) is 4.26. The van der Waals surface area contributed by atoms with Gasteiger partial charge in [-0.1, -0.05) is 52.3 Å². The number of ether oxygens (including phenoxy) is 1. The van der Waals surface area contributed by atoms with Crippen molar-refractivity contribution in [1.82, 2.24) is 0 Å². The SMILES string of the molecule is C=CCOc1ccc([NH2+]C(=NCCc2ccc(Cl)cc2)Nc2ccc(Br)cc2)cc1.[Br-]. The fraction of sp³-hybridized carbons (Fsp3) is 0.125. The van der Waals surface area contributed by atoms with Gasteiger partial charge in [0, 0.05) is 27.3 Å². The highest BCUT2D eigenvalue weighted by molar-refractivity contribution is 9.10. The van der Waals surface area contributed by atoms with Crippen molar-refractivity contribution in [2.75, 3.05) is 18.5 Å². The number of anilines is 1. The maximum Gasteiger partial charge on any atom is 0.303 e. The molecule has 0 amide bonds. The van der Waals surface area contributed by atoms with Crippen LogP contribution in [-0.2, 0) is 6.42 Å². The molecule has 7 heteroatoms. The molecule has 0 bridgehead atoms. The Morgan fingerprint density at radius 3 is 2.35 bits per heavy atom. The molecule has 0 spiro atoms. The van der Waals surface area contributed by atoms with Gasteiger partial charge in [0.15, 0.2) is 0 Å². The summed E-state index contributed by atoms with van der Waals surface area (Å²) in [5.41, 5.74) is 3.22. The maximum atomic E-state index is 5.97. The van der Waals surface area contributed by atoms with Gasteiger partial charge in [-0.15, -0.1) is 0 Å². The first-order valence-electron chi connectivity index (χ1n) is 9.62. The number of guanidine groups is 1. The predicted octanol–water partition coefficient (Wildman–Crippen LogP) is 2.58. The summed E-state index contributed by atoms with van der Waals surface area (Å²) in [7, 11) is 0. The van der Waals surface area contributed by atoms with E-state index in [0.717, 1.165) is 39.0 Å². The molecule has 0 unspecified atom stereocenters. The van der Waals surface area contributed by atoms with E-state index in [1.165, 1.54) is 5.56 Å². The van der Waals surface area contributed by atoms with Gasteiger partial charge >= 0.3 is 5.96 Å². The molecule has 0 aliphatic rings. The van der Waals surface area contributed by atoms with E-state index in [-0.39, 0.29) is 17.0 Å². The molecule has 0 aliphatic carbocycles. The number of nitrogens with zero attached hydrogens (tertiary/aromatic N) is 1. The molecule has 0 aliphatic heterocycles. The summed E-state index contributed by atoms with van der Waals surface area (Å²) in [5.74, 6) is 1.61. The highest BCUT2D eigenvalue weighted by Gasteiger charge is 2.08. The molecular formula is C24H24Br2ClN3O. The number of aliphatic imine (C=N–C) groups is 1. The smallest absolute Gasteiger partial charge is 0.303 e. The topological polar surface area (TPSA) is 50.2 Å². The summed E-state index contributed by atoms with van der Waals surface area (Å²) in [6, 6.07) is 23.8.